The van der Waals surface area contributed by atoms with E-state index in [1.165, 1.54) is 0 Å². The Balaban J connectivity index is 2.18. The largest absolute Gasteiger partial charge is 0.356 e. The molecule has 0 aliphatic carbocycles. The molecule has 6 nitrogen and oxygen atoms in total. The molecule has 1 unspecified atom stereocenters. The number of rotatable bonds is 8. The highest BCUT2D eigenvalue weighted by Gasteiger charge is 2.06. The molecule has 0 spiro atoms. The van der Waals surface area contributed by atoms with Gasteiger partial charge in [0.05, 0.1) is 10.7 Å². The van der Waals surface area contributed by atoms with Crippen molar-refractivity contribution in [3.05, 3.63) is 16.1 Å². The lowest BCUT2D eigenvalue weighted by molar-refractivity contribution is -0.121. The lowest BCUT2D eigenvalue weighted by atomic mass is 10.2. The summed E-state index contributed by atoms with van der Waals surface area (Å²) >= 11 is 1.66. The Morgan fingerprint density at radius 1 is 1.41 bits per heavy atom. The Bertz CT molecular complexity index is 486. The number of carbonyl (C=O) groups is 1. The van der Waals surface area contributed by atoms with E-state index in [0.717, 1.165) is 30.1 Å². The molecule has 3 N–H and O–H groups in total. The summed E-state index contributed by atoms with van der Waals surface area (Å²) in [7, 11) is 1.72. The second kappa shape index (κ2) is 10.2. The number of thiazole rings is 1. The van der Waals surface area contributed by atoms with Crippen LogP contribution in [-0.4, -0.2) is 43.0 Å². The number of amides is 1. The topological polar surface area (TPSA) is 78.4 Å². The molecule has 1 heterocycles. The van der Waals surface area contributed by atoms with E-state index in [0.29, 0.717) is 18.9 Å². The van der Waals surface area contributed by atoms with Crippen LogP contribution in [0.3, 0.4) is 0 Å². The summed E-state index contributed by atoms with van der Waals surface area (Å²) in [6.45, 7) is 7.40. The van der Waals surface area contributed by atoms with Crippen molar-refractivity contribution in [2.75, 3.05) is 20.1 Å². The van der Waals surface area contributed by atoms with Crippen molar-refractivity contribution in [3.63, 3.8) is 0 Å². The molecule has 0 bridgehead atoms. The Hall–Kier alpha value is -1.63. The van der Waals surface area contributed by atoms with Gasteiger partial charge in [0.25, 0.3) is 0 Å². The zero-order valence-corrected chi connectivity index (χ0v) is 14.7. The van der Waals surface area contributed by atoms with Crippen molar-refractivity contribution >= 4 is 23.2 Å². The molecular formula is C15H27N5OS. The van der Waals surface area contributed by atoms with Gasteiger partial charge in [-0.2, -0.15) is 0 Å². The smallest absolute Gasteiger partial charge is 0.221 e. The van der Waals surface area contributed by atoms with Crippen LogP contribution >= 0.6 is 11.3 Å². The van der Waals surface area contributed by atoms with Crippen LogP contribution < -0.4 is 16.0 Å². The standard InChI is InChI=1S/C15H27N5OS/c1-5-11(2)19-14(21)7-9-18-15(16-4)17-8-6-13-10-22-12(3)20-13/h10-11H,5-9H2,1-4H3,(H,19,21)(H2,16,17,18). The molecule has 1 aromatic heterocycles. The van der Waals surface area contributed by atoms with Gasteiger partial charge in [0, 0.05) is 44.4 Å². The van der Waals surface area contributed by atoms with Crippen molar-refractivity contribution in [1.29, 1.82) is 0 Å². The maximum absolute atomic E-state index is 11.7. The maximum Gasteiger partial charge on any atom is 0.221 e. The van der Waals surface area contributed by atoms with Crippen molar-refractivity contribution in [1.82, 2.24) is 20.9 Å². The van der Waals surface area contributed by atoms with Gasteiger partial charge in [-0.25, -0.2) is 4.98 Å². The summed E-state index contributed by atoms with van der Waals surface area (Å²) in [5.74, 6) is 0.776. The van der Waals surface area contributed by atoms with E-state index in [1.54, 1.807) is 18.4 Å². The van der Waals surface area contributed by atoms with Crippen LogP contribution in [0, 0.1) is 6.92 Å². The monoisotopic (exact) mass is 325 g/mol. The summed E-state index contributed by atoms with van der Waals surface area (Å²) in [5, 5.41) is 12.5. The second-order valence-electron chi connectivity index (χ2n) is 5.16. The van der Waals surface area contributed by atoms with Gasteiger partial charge in [-0.05, 0) is 20.3 Å². The average molecular weight is 325 g/mol. The van der Waals surface area contributed by atoms with Crippen LogP contribution in [-0.2, 0) is 11.2 Å². The van der Waals surface area contributed by atoms with Crippen LogP contribution in [0.15, 0.2) is 10.4 Å². The number of aryl methyl sites for hydroxylation is 1. The maximum atomic E-state index is 11.7. The van der Waals surface area contributed by atoms with Crippen LogP contribution in [0.2, 0.25) is 0 Å². The van der Waals surface area contributed by atoms with Gasteiger partial charge in [0.1, 0.15) is 0 Å². The fourth-order valence-electron chi connectivity index (χ4n) is 1.80. The molecule has 0 radical (unpaired) electrons. The fraction of sp³-hybridized carbons (Fsp3) is 0.667. The Kier molecular flexibility index (Phi) is 8.50. The third kappa shape index (κ3) is 7.40. The van der Waals surface area contributed by atoms with Gasteiger partial charge in [-0.15, -0.1) is 11.3 Å². The highest BCUT2D eigenvalue weighted by molar-refractivity contribution is 7.09. The molecule has 1 aromatic rings. The Morgan fingerprint density at radius 3 is 2.73 bits per heavy atom. The minimum atomic E-state index is 0.0650. The molecule has 1 amide bonds. The first-order valence-corrected chi connectivity index (χ1v) is 8.58. The van der Waals surface area contributed by atoms with Gasteiger partial charge in [0.2, 0.25) is 5.91 Å². The van der Waals surface area contributed by atoms with Crippen molar-refractivity contribution < 1.29 is 4.79 Å². The molecule has 0 aliphatic rings. The minimum absolute atomic E-state index is 0.0650. The van der Waals surface area contributed by atoms with Crippen molar-refractivity contribution in [2.24, 2.45) is 4.99 Å². The van der Waals surface area contributed by atoms with Gasteiger partial charge in [0.15, 0.2) is 5.96 Å². The zero-order valence-electron chi connectivity index (χ0n) is 13.9. The number of aromatic nitrogens is 1. The number of nitrogens with zero attached hydrogens (tertiary/aromatic N) is 2. The average Bonchev–Trinajstić information content (AvgIpc) is 2.91. The second-order valence-corrected chi connectivity index (χ2v) is 6.22. The zero-order chi connectivity index (χ0) is 16.4. The summed E-state index contributed by atoms with van der Waals surface area (Å²) in [6.07, 6.45) is 2.24. The summed E-state index contributed by atoms with van der Waals surface area (Å²) in [6, 6.07) is 0.228. The highest BCUT2D eigenvalue weighted by Crippen LogP contribution is 2.07. The predicted molar refractivity (Wildman–Crippen MR) is 92.4 cm³/mol. The molecular weight excluding hydrogens is 298 g/mol. The summed E-state index contributed by atoms with van der Waals surface area (Å²) in [4.78, 5) is 20.2. The number of hydrogen-bond acceptors (Lipinski definition) is 4. The lowest BCUT2D eigenvalue weighted by Crippen LogP contribution is -2.41. The highest BCUT2D eigenvalue weighted by atomic mass is 32.1. The summed E-state index contributed by atoms with van der Waals surface area (Å²) < 4.78 is 0. The van der Waals surface area contributed by atoms with E-state index in [4.69, 9.17) is 0 Å². The third-order valence-corrected chi connectivity index (χ3v) is 4.05. The van der Waals surface area contributed by atoms with Crippen molar-refractivity contribution in [3.8, 4) is 0 Å². The van der Waals surface area contributed by atoms with Gasteiger partial charge in [-0.3, -0.25) is 9.79 Å². The number of carbonyl (C=O) groups excluding carboxylic acids is 1. The number of nitrogens with one attached hydrogen (secondary N) is 3. The molecule has 0 fully saturated rings. The molecule has 1 rings (SSSR count). The number of hydrogen-bond donors (Lipinski definition) is 3. The van der Waals surface area contributed by atoms with E-state index >= 15 is 0 Å². The predicted octanol–water partition coefficient (Wildman–Crippen LogP) is 1.46. The van der Waals surface area contributed by atoms with Crippen molar-refractivity contribution in [2.45, 2.75) is 46.1 Å². The molecule has 0 saturated carbocycles. The minimum Gasteiger partial charge on any atom is -0.356 e. The quantitative estimate of drug-likeness (QED) is 0.499. The van der Waals surface area contributed by atoms with E-state index < -0.39 is 0 Å². The van der Waals surface area contributed by atoms with E-state index in [-0.39, 0.29) is 11.9 Å². The van der Waals surface area contributed by atoms with Gasteiger partial charge in [-0.1, -0.05) is 6.92 Å². The molecule has 22 heavy (non-hydrogen) atoms. The molecule has 7 heteroatoms. The molecule has 1 atom stereocenters. The SMILES string of the molecule is CCC(C)NC(=O)CCNC(=NC)NCCc1csc(C)n1. The first kappa shape index (κ1) is 18.4. The normalized spacial score (nSPS) is 12.8. The van der Waals surface area contributed by atoms with Crippen LogP contribution in [0.1, 0.15) is 37.4 Å². The van der Waals surface area contributed by atoms with E-state index in [1.807, 2.05) is 13.8 Å². The molecule has 0 aliphatic heterocycles. The number of aliphatic imine (C=N–C) groups is 1. The third-order valence-electron chi connectivity index (χ3n) is 3.23. The summed E-state index contributed by atoms with van der Waals surface area (Å²) in [5.41, 5.74) is 1.10. The van der Waals surface area contributed by atoms with Crippen LogP contribution in [0.4, 0.5) is 0 Å². The Labute approximate surface area is 136 Å². The molecule has 0 saturated heterocycles. The fourth-order valence-corrected chi connectivity index (χ4v) is 2.44. The van der Waals surface area contributed by atoms with Gasteiger partial charge < -0.3 is 16.0 Å². The molecule has 0 aromatic carbocycles. The number of guanidine groups is 1. The van der Waals surface area contributed by atoms with Crippen LogP contribution in [0.25, 0.3) is 0 Å². The molecule has 124 valence electrons. The van der Waals surface area contributed by atoms with Gasteiger partial charge >= 0.3 is 0 Å². The lowest BCUT2D eigenvalue weighted by Gasteiger charge is -2.13. The Morgan fingerprint density at radius 2 is 2.14 bits per heavy atom. The first-order valence-electron chi connectivity index (χ1n) is 7.70. The van der Waals surface area contributed by atoms with E-state index in [9.17, 15) is 4.79 Å². The first-order chi connectivity index (χ1) is 10.5. The van der Waals surface area contributed by atoms with Crippen LogP contribution in [0.5, 0.6) is 0 Å². The van der Waals surface area contributed by atoms with E-state index in [2.05, 4.69) is 38.2 Å².